The van der Waals surface area contributed by atoms with Gasteiger partial charge in [0.25, 0.3) is 0 Å². The number of rotatable bonds is 7. The van der Waals surface area contributed by atoms with Gasteiger partial charge in [0.1, 0.15) is 0 Å². The molecule has 0 bridgehead atoms. The van der Waals surface area contributed by atoms with Gasteiger partial charge in [0.2, 0.25) is 11.8 Å². The quantitative estimate of drug-likeness (QED) is 0.614. The Balaban J connectivity index is 1.96. The first-order valence-electron chi connectivity index (χ1n) is 9.16. The van der Waals surface area contributed by atoms with E-state index in [9.17, 15) is 24.6 Å². The van der Waals surface area contributed by atoms with Gasteiger partial charge < -0.3 is 10.2 Å². The highest BCUT2D eigenvalue weighted by molar-refractivity contribution is 6.09. The highest BCUT2D eigenvalue weighted by Crippen LogP contribution is 2.43. The molecule has 0 aliphatic carbocycles. The average molecular weight is 372 g/mol. The zero-order valence-electron chi connectivity index (χ0n) is 15.2. The zero-order valence-corrected chi connectivity index (χ0v) is 15.2. The van der Waals surface area contributed by atoms with E-state index in [1.165, 1.54) is 0 Å². The first-order valence-corrected chi connectivity index (χ1v) is 9.16. The van der Waals surface area contributed by atoms with Crippen LogP contribution in [0.1, 0.15) is 25.3 Å². The third kappa shape index (κ3) is 3.17. The number of hydrogen-bond donors (Lipinski definition) is 3. The molecule has 2 fully saturated rings. The van der Waals surface area contributed by atoms with Crippen LogP contribution < -0.4 is 5.32 Å². The van der Waals surface area contributed by atoms with E-state index in [0.717, 1.165) is 16.9 Å². The fraction of sp³-hybridized carbons (Fsp3) is 0.450. The Morgan fingerprint density at radius 3 is 2.56 bits per heavy atom. The van der Waals surface area contributed by atoms with E-state index >= 15 is 0 Å². The topological polar surface area (TPSA) is 107 Å². The van der Waals surface area contributed by atoms with E-state index in [1.54, 1.807) is 12.2 Å². The van der Waals surface area contributed by atoms with E-state index in [1.807, 2.05) is 37.3 Å². The van der Waals surface area contributed by atoms with E-state index in [4.69, 9.17) is 0 Å². The molecule has 144 valence electrons. The number of hydrogen-bond acceptors (Lipinski definition) is 5. The number of unbranched alkanes of at least 4 members (excludes halogenated alkanes) is 1. The van der Waals surface area contributed by atoms with Gasteiger partial charge in [-0.3, -0.25) is 24.6 Å². The van der Waals surface area contributed by atoms with Crippen molar-refractivity contribution in [3.63, 3.8) is 0 Å². The molecular formula is C20H24N2O5. The zero-order chi connectivity index (χ0) is 19.6. The SMILES string of the molecule is CCCCN1C(=O)C2C(C=Cc3ccccc3)NC(CO)(C(=O)O)C2C1=O. The first kappa shape index (κ1) is 19.3. The van der Waals surface area contributed by atoms with Crippen LogP contribution in [-0.2, 0) is 14.4 Å². The number of carboxylic acid groups (broad SMARTS) is 1. The summed E-state index contributed by atoms with van der Waals surface area (Å²) in [5.74, 6) is -4.16. The second-order valence-corrected chi connectivity index (χ2v) is 7.06. The molecule has 3 rings (SSSR count). The summed E-state index contributed by atoms with van der Waals surface area (Å²) in [6.45, 7) is 1.46. The summed E-state index contributed by atoms with van der Waals surface area (Å²) >= 11 is 0. The van der Waals surface area contributed by atoms with Gasteiger partial charge in [0.05, 0.1) is 18.4 Å². The van der Waals surface area contributed by atoms with Gasteiger partial charge in [-0.05, 0) is 12.0 Å². The molecule has 0 radical (unpaired) electrons. The minimum Gasteiger partial charge on any atom is -0.480 e. The number of likely N-dealkylation sites (tertiary alicyclic amines) is 1. The lowest BCUT2D eigenvalue weighted by Crippen LogP contribution is -2.59. The molecule has 2 aliphatic heterocycles. The number of aliphatic hydroxyl groups excluding tert-OH is 1. The highest BCUT2D eigenvalue weighted by Gasteiger charge is 2.67. The molecule has 27 heavy (non-hydrogen) atoms. The van der Waals surface area contributed by atoms with Gasteiger partial charge in [-0.25, -0.2) is 0 Å². The summed E-state index contributed by atoms with van der Waals surface area (Å²) < 4.78 is 0. The highest BCUT2D eigenvalue weighted by atomic mass is 16.4. The lowest BCUT2D eigenvalue weighted by atomic mass is 9.80. The number of nitrogens with zero attached hydrogens (tertiary/aromatic N) is 1. The summed E-state index contributed by atoms with van der Waals surface area (Å²) in [6.07, 6.45) is 4.97. The molecule has 1 aromatic rings. The number of carbonyl (C=O) groups excluding carboxylic acids is 2. The van der Waals surface area contributed by atoms with E-state index in [-0.39, 0.29) is 12.5 Å². The van der Waals surface area contributed by atoms with Gasteiger partial charge in [-0.2, -0.15) is 0 Å². The molecule has 1 aromatic carbocycles. The van der Waals surface area contributed by atoms with Gasteiger partial charge in [0.15, 0.2) is 5.54 Å². The fourth-order valence-corrected chi connectivity index (χ4v) is 4.00. The third-order valence-electron chi connectivity index (χ3n) is 5.45. The summed E-state index contributed by atoms with van der Waals surface area (Å²) in [4.78, 5) is 38.9. The van der Waals surface area contributed by atoms with E-state index in [2.05, 4.69) is 5.32 Å². The van der Waals surface area contributed by atoms with Gasteiger partial charge >= 0.3 is 5.97 Å². The van der Waals surface area contributed by atoms with Gasteiger partial charge in [-0.15, -0.1) is 0 Å². The van der Waals surface area contributed by atoms with Crippen LogP contribution in [0.2, 0.25) is 0 Å². The minimum atomic E-state index is -1.86. The van der Waals surface area contributed by atoms with Crippen molar-refractivity contribution in [2.24, 2.45) is 11.8 Å². The second-order valence-electron chi connectivity index (χ2n) is 7.06. The Morgan fingerprint density at radius 2 is 1.96 bits per heavy atom. The summed E-state index contributed by atoms with van der Waals surface area (Å²) in [6, 6.07) is 8.74. The van der Waals surface area contributed by atoms with Crippen molar-refractivity contribution in [1.82, 2.24) is 10.2 Å². The van der Waals surface area contributed by atoms with Crippen molar-refractivity contribution in [2.75, 3.05) is 13.2 Å². The van der Waals surface area contributed by atoms with Crippen LogP contribution in [0.15, 0.2) is 36.4 Å². The summed E-state index contributed by atoms with van der Waals surface area (Å²) in [5.41, 5.74) is -0.961. The maximum atomic E-state index is 12.9. The number of benzene rings is 1. The molecule has 7 nitrogen and oxygen atoms in total. The standard InChI is InChI=1S/C20H24N2O5/c1-2-3-11-22-17(24)15-14(10-9-13-7-5-4-6-8-13)21-20(12-23,19(26)27)16(15)18(22)25/h4-10,14-16,21,23H,2-3,11-12H2,1H3,(H,26,27). The van der Waals surface area contributed by atoms with Crippen LogP contribution in [0, 0.1) is 11.8 Å². The Hall–Kier alpha value is -2.51. The van der Waals surface area contributed by atoms with Gasteiger partial charge in [0, 0.05) is 12.6 Å². The Bertz CT molecular complexity index is 763. The van der Waals surface area contributed by atoms with Crippen molar-refractivity contribution >= 4 is 23.9 Å². The van der Waals surface area contributed by atoms with Crippen molar-refractivity contribution < 1.29 is 24.6 Å². The lowest BCUT2D eigenvalue weighted by Gasteiger charge is -2.28. The molecule has 2 heterocycles. The molecule has 2 amide bonds. The normalized spacial score (nSPS) is 30.3. The first-order chi connectivity index (χ1) is 13.0. The average Bonchev–Trinajstić information content (AvgIpc) is 3.14. The Morgan fingerprint density at radius 1 is 1.26 bits per heavy atom. The number of amides is 2. The number of fused-ring (bicyclic) bond motifs is 1. The number of aliphatic carboxylic acids is 1. The number of carboxylic acids is 1. The maximum Gasteiger partial charge on any atom is 0.327 e. The van der Waals surface area contributed by atoms with Crippen molar-refractivity contribution in [3.8, 4) is 0 Å². The molecule has 7 heteroatoms. The van der Waals surface area contributed by atoms with Crippen molar-refractivity contribution in [1.29, 1.82) is 0 Å². The molecule has 4 unspecified atom stereocenters. The summed E-state index contributed by atoms with van der Waals surface area (Å²) in [7, 11) is 0. The molecule has 3 N–H and O–H groups in total. The largest absolute Gasteiger partial charge is 0.480 e. The van der Waals surface area contributed by atoms with Crippen LogP contribution in [0.3, 0.4) is 0 Å². The second kappa shape index (κ2) is 7.62. The van der Waals surface area contributed by atoms with Crippen molar-refractivity contribution in [3.05, 3.63) is 42.0 Å². The predicted octanol–water partition coefficient (Wildman–Crippen LogP) is 0.889. The van der Waals surface area contributed by atoms with Crippen LogP contribution in [0.25, 0.3) is 6.08 Å². The van der Waals surface area contributed by atoms with E-state index < -0.39 is 41.9 Å². The van der Waals surface area contributed by atoms with Crippen LogP contribution in [0.4, 0.5) is 0 Å². The van der Waals surface area contributed by atoms with Gasteiger partial charge in [-0.1, -0.05) is 55.8 Å². The molecule has 2 saturated heterocycles. The minimum absolute atomic E-state index is 0.275. The summed E-state index contributed by atoms with van der Waals surface area (Å²) in [5, 5.41) is 22.5. The predicted molar refractivity (Wildman–Crippen MR) is 98.5 cm³/mol. The Labute approximate surface area is 157 Å². The Kier molecular flexibility index (Phi) is 5.43. The molecule has 2 aliphatic rings. The van der Waals surface area contributed by atoms with Crippen LogP contribution in [0.5, 0.6) is 0 Å². The van der Waals surface area contributed by atoms with E-state index in [0.29, 0.717) is 6.42 Å². The third-order valence-corrected chi connectivity index (χ3v) is 5.45. The fourth-order valence-electron chi connectivity index (χ4n) is 4.00. The molecule has 0 saturated carbocycles. The molecule has 0 spiro atoms. The molecular weight excluding hydrogens is 348 g/mol. The monoisotopic (exact) mass is 372 g/mol. The van der Waals surface area contributed by atoms with Crippen LogP contribution in [-0.4, -0.2) is 57.6 Å². The molecule has 0 aromatic heterocycles. The number of carbonyl (C=O) groups is 3. The number of aliphatic hydroxyl groups is 1. The van der Waals surface area contributed by atoms with Crippen molar-refractivity contribution in [2.45, 2.75) is 31.3 Å². The number of imide groups is 1. The van der Waals surface area contributed by atoms with Crippen LogP contribution >= 0.6 is 0 Å². The number of nitrogens with one attached hydrogen (secondary N) is 1. The smallest absolute Gasteiger partial charge is 0.327 e. The maximum absolute atomic E-state index is 12.9. The molecule has 4 atom stereocenters. The lowest BCUT2D eigenvalue weighted by molar-refractivity contribution is -0.153.